The molecule has 0 unspecified atom stereocenters. The maximum Gasteiger partial charge on any atom is 0.905 e. The molecular formula is C24H51AlO3. The molecule has 0 N–H and O–H groups in total. The van der Waals surface area contributed by atoms with E-state index in [-0.39, 0.29) is 12.2 Å². The van der Waals surface area contributed by atoms with Crippen molar-refractivity contribution in [2.24, 2.45) is 0 Å². The first-order valence-electron chi connectivity index (χ1n) is 12.5. The fraction of sp³-hybridized carbons (Fsp3) is 1.00. The van der Waals surface area contributed by atoms with Crippen LogP contribution in [0.15, 0.2) is 0 Å². The van der Waals surface area contributed by atoms with E-state index in [0.717, 1.165) is 13.0 Å². The average Bonchev–Trinajstić information content (AvgIpc) is 2.63. The molecule has 0 amide bonds. The molecule has 0 heterocycles. The molecule has 0 aromatic carbocycles. The standard InChI is InChI=1S/C18H37O.2C3H7O.Al/c1-2-3-4-5-6-7-8-9-10-11-12-13-14-15-16-17-18-19;2*1-3(2)4;/h2-18H2,1H3;2*3H,1-2H3;/q3*-1;+3. The van der Waals surface area contributed by atoms with Gasteiger partial charge in [-0.2, -0.15) is 0 Å². The van der Waals surface area contributed by atoms with Crippen molar-refractivity contribution < 1.29 is 11.4 Å². The van der Waals surface area contributed by atoms with Gasteiger partial charge < -0.3 is 11.4 Å². The number of unbranched alkanes of at least 4 members (excludes halogenated alkanes) is 15. The van der Waals surface area contributed by atoms with Gasteiger partial charge in [0.25, 0.3) is 0 Å². The van der Waals surface area contributed by atoms with Crippen LogP contribution < -0.4 is 0 Å². The SMILES string of the molecule is CCCCCCCCCCCCCCCCCC[O][Al]([O]C(C)C)[O]C(C)C. The van der Waals surface area contributed by atoms with Crippen LogP contribution in [0.25, 0.3) is 0 Å². The summed E-state index contributed by atoms with van der Waals surface area (Å²) < 4.78 is 17.4. The molecule has 0 atom stereocenters. The maximum atomic E-state index is 5.88. The Hall–Kier alpha value is 0.412. The van der Waals surface area contributed by atoms with E-state index in [2.05, 4.69) is 6.92 Å². The zero-order valence-electron chi connectivity index (χ0n) is 20.0. The minimum Gasteiger partial charge on any atom is -0.454 e. The van der Waals surface area contributed by atoms with Crippen LogP contribution in [-0.2, 0) is 11.4 Å². The molecule has 0 radical (unpaired) electrons. The summed E-state index contributed by atoms with van der Waals surface area (Å²) in [4.78, 5) is 0. The zero-order valence-corrected chi connectivity index (χ0v) is 21.1. The second-order valence-electron chi connectivity index (χ2n) is 8.83. The lowest BCUT2D eigenvalue weighted by molar-refractivity contribution is 0.0494. The fourth-order valence-corrected chi connectivity index (χ4v) is 4.85. The summed E-state index contributed by atoms with van der Waals surface area (Å²) in [5, 5.41) is 0. The molecule has 0 aliphatic carbocycles. The lowest BCUT2D eigenvalue weighted by Gasteiger charge is -2.18. The summed E-state index contributed by atoms with van der Waals surface area (Å²) >= 11 is -1.94. The van der Waals surface area contributed by atoms with Crippen molar-refractivity contribution in [2.75, 3.05) is 6.61 Å². The van der Waals surface area contributed by atoms with E-state index in [1.165, 1.54) is 96.3 Å². The Morgan fingerprint density at radius 3 is 1.14 bits per heavy atom. The molecule has 0 rings (SSSR count). The Balaban J connectivity index is 3.28. The van der Waals surface area contributed by atoms with Gasteiger partial charge >= 0.3 is 15.1 Å². The molecule has 3 nitrogen and oxygen atoms in total. The Labute approximate surface area is 182 Å². The van der Waals surface area contributed by atoms with E-state index < -0.39 is 15.1 Å². The van der Waals surface area contributed by atoms with Crippen LogP contribution in [0.4, 0.5) is 0 Å². The van der Waals surface area contributed by atoms with Crippen molar-refractivity contribution in [3.05, 3.63) is 0 Å². The predicted molar refractivity (Wildman–Crippen MR) is 124 cm³/mol. The van der Waals surface area contributed by atoms with Gasteiger partial charge in [0, 0.05) is 18.8 Å². The highest BCUT2D eigenvalue weighted by Crippen LogP contribution is 2.14. The van der Waals surface area contributed by atoms with Crippen molar-refractivity contribution in [1.82, 2.24) is 0 Å². The topological polar surface area (TPSA) is 27.7 Å². The third-order valence-corrected chi connectivity index (χ3v) is 7.06. The molecular weight excluding hydrogens is 363 g/mol. The Morgan fingerprint density at radius 1 is 0.500 bits per heavy atom. The number of hydrogen-bond acceptors (Lipinski definition) is 3. The lowest BCUT2D eigenvalue weighted by atomic mass is 10.0. The predicted octanol–water partition coefficient (Wildman–Crippen LogP) is 8.10. The van der Waals surface area contributed by atoms with Gasteiger partial charge in [-0.1, -0.05) is 103 Å². The third-order valence-electron chi connectivity index (χ3n) is 5.02. The third kappa shape index (κ3) is 22.7. The Bertz CT molecular complexity index is 288. The van der Waals surface area contributed by atoms with Gasteiger partial charge in [-0.05, 0) is 34.1 Å². The summed E-state index contributed by atoms with van der Waals surface area (Å²) in [7, 11) is 0. The van der Waals surface area contributed by atoms with Crippen molar-refractivity contribution in [2.45, 2.75) is 150 Å². The van der Waals surface area contributed by atoms with E-state index in [9.17, 15) is 0 Å². The van der Waals surface area contributed by atoms with E-state index in [0.29, 0.717) is 0 Å². The lowest BCUT2D eigenvalue weighted by Crippen LogP contribution is -2.33. The van der Waals surface area contributed by atoms with E-state index in [1.807, 2.05) is 27.7 Å². The van der Waals surface area contributed by atoms with Crippen molar-refractivity contribution in [3.63, 3.8) is 0 Å². The van der Waals surface area contributed by atoms with Crippen LogP contribution in [0.2, 0.25) is 0 Å². The Morgan fingerprint density at radius 2 is 0.821 bits per heavy atom. The average molecular weight is 415 g/mol. The highest BCUT2D eigenvalue weighted by atomic mass is 27.3. The van der Waals surface area contributed by atoms with Crippen molar-refractivity contribution in [1.29, 1.82) is 0 Å². The van der Waals surface area contributed by atoms with Crippen LogP contribution in [0.5, 0.6) is 0 Å². The molecule has 0 fully saturated rings. The van der Waals surface area contributed by atoms with Crippen molar-refractivity contribution >= 4 is 15.1 Å². The Kier molecular flexibility index (Phi) is 22.4. The first-order chi connectivity index (χ1) is 13.6. The molecule has 0 saturated heterocycles. The van der Waals surface area contributed by atoms with Gasteiger partial charge in [0.15, 0.2) is 0 Å². The summed E-state index contributed by atoms with van der Waals surface area (Å²) in [6.07, 6.45) is 22.7. The van der Waals surface area contributed by atoms with Gasteiger partial charge in [-0.3, -0.25) is 0 Å². The van der Waals surface area contributed by atoms with Crippen LogP contribution in [0, 0.1) is 0 Å². The molecule has 0 aromatic rings. The molecule has 168 valence electrons. The van der Waals surface area contributed by atoms with Crippen molar-refractivity contribution in [3.8, 4) is 0 Å². The fourth-order valence-electron chi connectivity index (χ4n) is 3.38. The molecule has 28 heavy (non-hydrogen) atoms. The minimum atomic E-state index is -1.94. The molecule has 4 heteroatoms. The van der Waals surface area contributed by atoms with Crippen LogP contribution >= 0.6 is 0 Å². The van der Waals surface area contributed by atoms with Gasteiger partial charge in [0.1, 0.15) is 0 Å². The number of hydrogen-bond donors (Lipinski definition) is 0. The maximum absolute atomic E-state index is 5.88. The molecule has 0 aliphatic rings. The molecule has 0 aromatic heterocycles. The molecule has 0 aliphatic heterocycles. The largest absolute Gasteiger partial charge is 0.905 e. The summed E-state index contributed by atoms with van der Waals surface area (Å²) in [6.45, 7) is 11.3. The first kappa shape index (κ1) is 28.4. The van der Waals surface area contributed by atoms with E-state index >= 15 is 0 Å². The highest BCUT2D eigenvalue weighted by molar-refractivity contribution is 6.36. The number of rotatable bonds is 22. The minimum absolute atomic E-state index is 0.182. The summed E-state index contributed by atoms with van der Waals surface area (Å²) in [5.74, 6) is 0. The van der Waals surface area contributed by atoms with Crippen LogP contribution in [0.1, 0.15) is 137 Å². The first-order valence-corrected chi connectivity index (χ1v) is 13.9. The highest BCUT2D eigenvalue weighted by Gasteiger charge is 2.33. The van der Waals surface area contributed by atoms with Gasteiger partial charge in [-0.25, -0.2) is 0 Å². The van der Waals surface area contributed by atoms with Crippen LogP contribution in [-0.4, -0.2) is 34.0 Å². The summed E-state index contributed by atoms with van der Waals surface area (Å²) in [5.41, 5.74) is 0. The van der Waals surface area contributed by atoms with Gasteiger partial charge in [0.05, 0.1) is 0 Å². The second-order valence-corrected chi connectivity index (χ2v) is 10.3. The molecule has 0 bridgehead atoms. The summed E-state index contributed by atoms with van der Waals surface area (Å²) in [6, 6.07) is 0. The second kappa shape index (κ2) is 22.1. The quantitative estimate of drug-likeness (QED) is 0.132. The normalized spacial score (nSPS) is 11.7. The monoisotopic (exact) mass is 414 g/mol. The molecule has 0 spiro atoms. The van der Waals surface area contributed by atoms with Gasteiger partial charge in [0.2, 0.25) is 0 Å². The zero-order chi connectivity index (χ0) is 20.9. The molecule has 0 saturated carbocycles. The smallest absolute Gasteiger partial charge is 0.454 e. The van der Waals surface area contributed by atoms with E-state index in [4.69, 9.17) is 11.4 Å². The van der Waals surface area contributed by atoms with E-state index in [1.54, 1.807) is 0 Å². The van der Waals surface area contributed by atoms with Crippen LogP contribution in [0.3, 0.4) is 0 Å². The van der Waals surface area contributed by atoms with Gasteiger partial charge in [-0.15, -0.1) is 0 Å².